The fourth-order valence-electron chi connectivity index (χ4n) is 10.9. The van der Waals surface area contributed by atoms with Crippen molar-refractivity contribution in [3.63, 3.8) is 0 Å². The van der Waals surface area contributed by atoms with Crippen LogP contribution in [0.3, 0.4) is 0 Å². The van der Waals surface area contributed by atoms with Crippen LogP contribution in [-0.4, -0.2) is 136 Å². The van der Waals surface area contributed by atoms with E-state index in [0.29, 0.717) is 22.0 Å². The molecule has 12 rings (SSSR count). The molecular formula is C43H48N10O5. The quantitative estimate of drug-likeness (QED) is 0.226. The Hall–Kier alpha value is -5.41. The molecule has 8 aliphatic rings. The molecule has 2 aromatic carbocycles. The zero-order chi connectivity index (χ0) is 39.4. The van der Waals surface area contributed by atoms with Gasteiger partial charge in [0.2, 0.25) is 11.8 Å². The molecule has 0 radical (unpaired) electrons. The maximum Gasteiger partial charge on any atom is 0.262 e. The van der Waals surface area contributed by atoms with Gasteiger partial charge in [-0.2, -0.15) is 5.10 Å². The minimum Gasteiger partial charge on any atom is -0.488 e. The van der Waals surface area contributed by atoms with E-state index in [1.165, 1.54) is 25.8 Å². The van der Waals surface area contributed by atoms with Crippen LogP contribution < -0.4 is 19.9 Å². The van der Waals surface area contributed by atoms with Gasteiger partial charge in [0.25, 0.3) is 11.8 Å². The highest BCUT2D eigenvalue weighted by molar-refractivity contribution is 6.23. The highest BCUT2D eigenvalue weighted by Gasteiger charge is 2.67. The first kappa shape index (κ1) is 35.7. The van der Waals surface area contributed by atoms with Crippen molar-refractivity contribution in [2.45, 2.75) is 63.5 Å². The van der Waals surface area contributed by atoms with Gasteiger partial charge < -0.3 is 14.5 Å². The number of aromatic nitrogens is 4. The Labute approximate surface area is 336 Å². The Morgan fingerprint density at radius 1 is 0.776 bits per heavy atom. The number of carbonyl (C=O) groups is 4. The lowest BCUT2D eigenvalue weighted by Gasteiger charge is -2.73. The minimum atomic E-state index is -0.954. The van der Waals surface area contributed by atoms with Gasteiger partial charge in [-0.25, -0.2) is 9.97 Å². The van der Waals surface area contributed by atoms with Gasteiger partial charge in [-0.3, -0.25) is 44.3 Å². The van der Waals surface area contributed by atoms with Crippen molar-refractivity contribution in [3.05, 3.63) is 59.9 Å². The number of nitrogens with one attached hydrogen (secondary N) is 2. The Morgan fingerprint density at radius 3 is 2.16 bits per heavy atom. The van der Waals surface area contributed by atoms with E-state index in [1.54, 1.807) is 18.5 Å². The molecule has 4 aromatic rings. The Morgan fingerprint density at radius 2 is 1.47 bits per heavy atom. The van der Waals surface area contributed by atoms with E-state index in [9.17, 15) is 19.2 Å². The molecule has 1 unspecified atom stereocenters. The van der Waals surface area contributed by atoms with Crippen molar-refractivity contribution < 1.29 is 23.9 Å². The Kier molecular flexibility index (Phi) is 8.04. The van der Waals surface area contributed by atoms with Gasteiger partial charge in [0.05, 0.1) is 22.3 Å². The molecule has 1 atom stereocenters. The molecule has 4 aliphatic carbocycles. The lowest BCUT2D eigenvalue weighted by molar-refractivity contribution is -0.222. The summed E-state index contributed by atoms with van der Waals surface area (Å²) in [6, 6.07) is 12.6. The van der Waals surface area contributed by atoms with E-state index in [0.717, 1.165) is 116 Å². The van der Waals surface area contributed by atoms with Crippen molar-refractivity contribution in [2.75, 3.05) is 75.2 Å². The number of fused-ring (bicyclic) bond motifs is 2. The summed E-state index contributed by atoms with van der Waals surface area (Å²) in [5, 5.41) is 11.1. The van der Waals surface area contributed by atoms with Gasteiger partial charge in [0.15, 0.2) is 0 Å². The van der Waals surface area contributed by atoms with Crippen LogP contribution in [0.4, 0.5) is 11.5 Å². The SMILES string of the molecule is CC1(Oc2ccc3[nH]nc(-c4cc(N5CCN(CC67CC(CN8CCN(c9ccc%10c(c9)C(=O)N(C9CCC(=O)NC9=O)C%10=O)CC8)(C6)C7)CC5)ncn4)c3c2)CC1. The van der Waals surface area contributed by atoms with Gasteiger partial charge in [0.1, 0.15) is 35.2 Å². The van der Waals surface area contributed by atoms with Crippen molar-refractivity contribution in [1.82, 2.24) is 40.2 Å². The molecule has 4 aliphatic heterocycles. The predicted octanol–water partition coefficient (Wildman–Crippen LogP) is 3.47. The normalized spacial score (nSPS) is 28.0. The van der Waals surface area contributed by atoms with Crippen LogP contribution in [-0.2, 0) is 9.59 Å². The lowest BCUT2D eigenvalue weighted by Crippen LogP contribution is -2.70. The average Bonchev–Trinajstić information content (AvgIpc) is 3.68. The molecule has 3 saturated heterocycles. The number of nitrogens with zero attached hydrogens (tertiary/aromatic N) is 8. The van der Waals surface area contributed by atoms with Gasteiger partial charge in [-0.05, 0) is 92.7 Å². The van der Waals surface area contributed by atoms with E-state index in [-0.39, 0.29) is 24.3 Å². The Bertz CT molecular complexity index is 2360. The third kappa shape index (κ3) is 6.12. The van der Waals surface area contributed by atoms with Crippen molar-refractivity contribution in [3.8, 4) is 17.1 Å². The number of benzene rings is 2. The maximum atomic E-state index is 13.4. The summed E-state index contributed by atoms with van der Waals surface area (Å²) in [5.74, 6) is -0.0864. The summed E-state index contributed by atoms with van der Waals surface area (Å²) >= 11 is 0. The lowest BCUT2D eigenvalue weighted by atomic mass is 9.35. The van der Waals surface area contributed by atoms with Crippen molar-refractivity contribution >= 4 is 46.0 Å². The smallest absolute Gasteiger partial charge is 0.262 e. The molecular weight excluding hydrogens is 737 g/mol. The summed E-state index contributed by atoms with van der Waals surface area (Å²) in [6.07, 6.45) is 8.02. The van der Waals surface area contributed by atoms with E-state index < -0.39 is 23.8 Å². The molecule has 2 bridgehead atoms. The molecule has 58 heavy (non-hydrogen) atoms. The van der Waals surface area contributed by atoms with Crippen LogP contribution in [0.25, 0.3) is 22.3 Å². The fraction of sp³-hybridized carbons (Fsp3) is 0.512. The second-order valence-electron chi connectivity index (χ2n) is 18.3. The van der Waals surface area contributed by atoms with Crippen LogP contribution in [0.5, 0.6) is 5.75 Å². The fourth-order valence-corrected chi connectivity index (χ4v) is 10.9. The number of aromatic amines is 1. The Balaban J connectivity index is 0.649. The summed E-state index contributed by atoms with van der Waals surface area (Å²) < 4.78 is 6.23. The second-order valence-corrected chi connectivity index (χ2v) is 18.3. The molecule has 4 amide bonds. The molecule has 300 valence electrons. The monoisotopic (exact) mass is 784 g/mol. The largest absolute Gasteiger partial charge is 0.488 e. The molecule has 4 saturated carbocycles. The predicted molar refractivity (Wildman–Crippen MR) is 215 cm³/mol. The molecule has 15 heteroatoms. The number of hydrogen-bond acceptors (Lipinski definition) is 12. The molecule has 2 aromatic heterocycles. The summed E-state index contributed by atoms with van der Waals surface area (Å²) in [5.41, 5.74) is 5.03. The molecule has 15 nitrogen and oxygen atoms in total. The number of ether oxygens (including phenoxy) is 1. The highest BCUT2D eigenvalue weighted by Crippen LogP contribution is 2.73. The zero-order valence-electron chi connectivity index (χ0n) is 32.8. The topological polar surface area (TPSA) is 160 Å². The number of amides is 4. The van der Waals surface area contributed by atoms with E-state index in [2.05, 4.69) is 64.1 Å². The summed E-state index contributed by atoms with van der Waals surface area (Å²) in [4.78, 5) is 70.8. The number of piperazine rings is 2. The van der Waals surface area contributed by atoms with Crippen LogP contribution in [0.1, 0.15) is 72.6 Å². The van der Waals surface area contributed by atoms with Crippen molar-refractivity contribution in [2.24, 2.45) is 10.8 Å². The highest BCUT2D eigenvalue weighted by atomic mass is 16.5. The number of rotatable bonds is 10. The van der Waals surface area contributed by atoms with E-state index in [4.69, 9.17) is 4.74 Å². The first-order chi connectivity index (χ1) is 28.0. The van der Waals surface area contributed by atoms with Crippen LogP contribution in [0.2, 0.25) is 0 Å². The molecule has 6 heterocycles. The number of anilines is 2. The molecule has 7 fully saturated rings. The average molecular weight is 785 g/mol. The zero-order valence-corrected chi connectivity index (χ0v) is 32.8. The first-order valence-electron chi connectivity index (χ1n) is 20.8. The van der Waals surface area contributed by atoms with Gasteiger partial charge in [-0.1, -0.05) is 0 Å². The second kappa shape index (κ2) is 13.0. The minimum absolute atomic E-state index is 0.0444. The van der Waals surface area contributed by atoms with Gasteiger partial charge in [0, 0.05) is 89.0 Å². The summed E-state index contributed by atoms with van der Waals surface area (Å²) in [6.45, 7) is 12.0. The van der Waals surface area contributed by atoms with Crippen molar-refractivity contribution in [1.29, 1.82) is 0 Å². The van der Waals surface area contributed by atoms with Crippen LogP contribution >= 0.6 is 0 Å². The molecule has 2 N–H and O–H groups in total. The standard InChI is InChI=1S/C43H48N10O5/c1-41(8-9-41)58-28-3-5-32-31(19-28)37(48-47-32)33-20-35(45-26-44-33)52-16-12-50(13-17-52)25-43-21-42(22-43,23-43)24-49-10-14-51(15-11-49)27-2-4-29-30(18-27)40(57)53(39(29)56)34-6-7-36(54)46-38(34)55/h2-5,18-20,26,34H,6-17,21-25H2,1H3,(H,47,48)(H,46,54,55). The van der Waals surface area contributed by atoms with Gasteiger partial charge >= 0.3 is 0 Å². The third-order valence-electron chi connectivity index (χ3n) is 14.0. The van der Waals surface area contributed by atoms with Gasteiger partial charge in [-0.15, -0.1) is 0 Å². The van der Waals surface area contributed by atoms with Crippen LogP contribution in [0.15, 0.2) is 48.8 Å². The number of H-pyrrole nitrogens is 1. The first-order valence-corrected chi connectivity index (χ1v) is 20.8. The molecule has 0 spiro atoms. The van der Waals surface area contributed by atoms with Crippen LogP contribution in [0, 0.1) is 10.8 Å². The number of imide groups is 2. The number of carbonyl (C=O) groups excluding carboxylic acids is 4. The van der Waals surface area contributed by atoms with E-state index >= 15 is 0 Å². The maximum absolute atomic E-state index is 13.4. The number of hydrogen-bond donors (Lipinski definition) is 2. The third-order valence-corrected chi connectivity index (χ3v) is 14.0. The summed E-state index contributed by atoms with van der Waals surface area (Å²) in [7, 11) is 0. The van der Waals surface area contributed by atoms with E-state index in [1.807, 2.05) is 18.2 Å². The number of piperidine rings is 1.